The predicted molar refractivity (Wildman–Crippen MR) is 73.6 cm³/mol. The summed E-state index contributed by atoms with van der Waals surface area (Å²) in [5, 5.41) is 2.64. The van der Waals surface area contributed by atoms with Gasteiger partial charge in [-0.3, -0.25) is 4.79 Å². The molecule has 0 aliphatic carbocycles. The zero-order chi connectivity index (χ0) is 15.2. The first-order chi connectivity index (χ1) is 9.42. The molecule has 1 atom stereocenters. The minimum atomic E-state index is -1.08. The molecule has 0 fully saturated rings. The third kappa shape index (κ3) is 4.05. The third-order valence-electron chi connectivity index (χ3n) is 3.11. The van der Waals surface area contributed by atoms with Crippen LogP contribution in [0.3, 0.4) is 0 Å². The Hall–Kier alpha value is -1.91. The Bertz CT molecular complexity index is 490. The van der Waals surface area contributed by atoms with E-state index in [0.29, 0.717) is 18.4 Å². The lowest BCUT2D eigenvalue weighted by atomic mass is 9.95. The molecule has 1 amide bonds. The van der Waals surface area contributed by atoms with Gasteiger partial charge in [-0.15, -0.1) is 0 Å². The lowest BCUT2D eigenvalue weighted by Gasteiger charge is -2.27. The van der Waals surface area contributed by atoms with E-state index < -0.39 is 23.2 Å². The van der Waals surface area contributed by atoms with E-state index in [4.69, 9.17) is 4.74 Å². The molecule has 1 aromatic carbocycles. The molecule has 0 radical (unpaired) electrons. The van der Waals surface area contributed by atoms with E-state index in [1.165, 1.54) is 13.2 Å². The van der Waals surface area contributed by atoms with Gasteiger partial charge in [0.05, 0.1) is 13.5 Å². The van der Waals surface area contributed by atoms with E-state index in [-0.39, 0.29) is 6.42 Å². The van der Waals surface area contributed by atoms with E-state index in [0.717, 1.165) is 0 Å². The molecule has 0 saturated carbocycles. The summed E-state index contributed by atoms with van der Waals surface area (Å²) in [5.74, 6) is -1.34. The Labute approximate surface area is 118 Å². The summed E-state index contributed by atoms with van der Waals surface area (Å²) in [7, 11) is 1.28. The maximum Gasteiger partial charge on any atom is 0.331 e. The van der Waals surface area contributed by atoms with Gasteiger partial charge in [0.25, 0.3) is 0 Å². The molecule has 4 nitrogen and oxygen atoms in total. The highest BCUT2D eigenvalue weighted by Gasteiger charge is 2.35. The van der Waals surface area contributed by atoms with Crippen molar-refractivity contribution < 1.29 is 18.7 Å². The highest BCUT2D eigenvalue weighted by Crippen LogP contribution is 2.15. The number of halogens is 1. The Kier molecular flexibility index (Phi) is 5.67. The number of carbonyl (C=O) groups excluding carboxylic acids is 2. The van der Waals surface area contributed by atoms with Crippen LogP contribution in [0.4, 0.5) is 4.39 Å². The molecule has 0 aliphatic rings. The summed E-state index contributed by atoms with van der Waals surface area (Å²) in [5.41, 5.74) is -0.778. The van der Waals surface area contributed by atoms with Crippen molar-refractivity contribution in [3.63, 3.8) is 0 Å². The van der Waals surface area contributed by atoms with Gasteiger partial charge in [-0.1, -0.05) is 31.5 Å². The number of ether oxygens (including phenoxy) is 1. The van der Waals surface area contributed by atoms with E-state index in [1.807, 2.05) is 6.92 Å². The summed E-state index contributed by atoms with van der Waals surface area (Å²) in [6.45, 7) is 3.52. The lowest BCUT2D eigenvalue weighted by molar-refractivity contribution is -0.150. The normalized spacial score (nSPS) is 13.4. The van der Waals surface area contributed by atoms with Gasteiger partial charge in [0, 0.05) is 0 Å². The van der Waals surface area contributed by atoms with Gasteiger partial charge in [0.15, 0.2) is 0 Å². The van der Waals surface area contributed by atoms with Crippen LogP contribution in [0, 0.1) is 5.82 Å². The SMILES string of the molecule is CCCC(C)(NC(=O)Cc1ccccc1F)C(=O)OC. The molecule has 110 valence electrons. The van der Waals surface area contributed by atoms with Crippen molar-refractivity contribution >= 4 is 11.9 Å². The summed E-state index contributed by atoms with van der Waals surface area (Å²) in [6.07, 6.45) is 1.07. The molecule has 0 spiro atoms. The van der Waals surface area contributed by atoms with Gasteiger partial charge < -0.3 is 10.1 Å². The fraction of sp³-hybridized carbons (Fsp3) is 0.467. The van der Waals surface area contributed by atoms with Crippen molar-refractivity contribution in [1.29, 1.82) is 0 Å². The van der Waals surface area contributed by atoms with Crippen LogP contribution in [0.15, 0.2) is 24.3 Å². The maximum absolute atomic E-state index is 13.5. The van der Waals surface area contributed by atoms with Crippen molar-refractivity contribution in [2.75, 3.05) is 7.11 Å². The van der Waals surface area contributed by atoms with Crippen LogP contribution in [-0.2, 0) is 20.7 Å². The van der Waals surface area contributed by atoms with E-state index in [9.17, 15) is 14.0 Å². The number of esters is 1. The van der Waals surface area contributed by atoms with E-state index in [2.05, 4.69) is 5.32 Å². The third-order valence-corrected chi connectivity index (χ3v) is 3.11. The van der Waals surface area contributed by atoms with Gasteiger partial charge in [0.1, 0.15) is 11.4 Å². The number of amides is 1. The fourth-order valence-electron chi connectivity index (χ4n) is 2.11. The van der Waals surface area contributed by atoms with Crippen LogP contribution < -0.4 is 5.32 Å². The van der Waals surface area contributed by atoms with Crippen LogP contribution >= 0.6 is 0 Å². The summed E-state index contributed by atoms with van der Waals surface area (Å²) in [4.78, 5) is 23.8. The minimum absolute atomic E-state index is 0.108. The number of hydrogen-bond donors (Lipinski definition) is 1. The van der Waals surface area contributed by atoms with Crippen LogP contribution in [0.25, 0.3) is 0 Å². The monoisotopic (exact) mass is 281 g/mol. The van der Waals surface area contributed by atoms with Crippen molar-refractivity contribution in [2.24, 2.45) is 0 Å². The molecule has 20 heavy (non-hydrogen) atoms. The average Bonchev–Trinajstić information content (AvgIpc) is 2.40. The predicted octanol–water partition coefficient (Wildman–Crippen LogP) is 2.22. The molecule has 1 aromatic rings. The first kappa shape index (κ1) is 16.1. The maximum atomic E-state index is 13.5. The van der Waals surface area contributed by atoms with Crippen molar-refractivity contribution in [3.8, 4) is 0 Å². The number of nitrogens with one attached hydrogen (secondary N) is 1. The molecule has 1 N–H and O–H groups in total. The molecule has 1 rings (SSSR count). The Balaban J connectivity index is 2.77. The Morgan fingerprint density at radius 1 is 1.35 bits per heavy atom. The van der Waals surface area contributed by atoms with Crippen LogP contribution in [0.2, 0.25) is 0 Å². The van der Waals surface area contributed by atoms with Crippen molar-refractivity contribution in [1.82, 2.24) is 5.32 Å². The zero-order valence-electron chi connectivity index (χ0n) is 12.0. The Morgan fingerprint density at radius 3 is 2.55 bits per heavy atom. The van der Waals surface area contributed by atoms with E-state index >= 15 is 0 Å². The van der Waals surface area contributed by atoms with Gasteiger partial charge in [-0.25, -0.2) is 9.18 Å². The highest BCUT2D eigenvalue weighted by molar-refractivity contribution is 5.88. The van der Waals surface area contributed by atoms with Crippen LogP contribution in [0.1, 0.15) is 32.3 Å². The second kappa shape index (κ2) is 7.03. The van der Waals surface area contributed by atoms with Gasteiger partial charge >= 0.3 is 5.97 Å². The first-order valence-electron chi connectivity index (χ1n) is 6.55. The van der Waals surface area contributed by atoms with Crippen LogP contribution in [0.5, 0.6) is 0 Å². The number of benzene rings is 1. The second-order valence-corrected chi connectivity index (χ2v) is 4.89. The van der Waals surface area contributed by atoms with Crippen molar-refractivity contribution in [2.45, 2.75) is 38.6 Å². The molecule has 1 unspecified atom stereocenters. The first-order valence-corrected chi connectivity index (χ1v) is 6.55. The molecule has 5 heteroatoms. The number of hydrogen-bond acceptors (Lipinski definition) is 3. The molecule has 0 aromatic heterocycles. The van der Waals surface area contributed by atoms with Gasteiger partial charge in [-0.2, -0.15) is 0 Å². The quantitative estimate of drug-likeness (QED) is 0.813. The number of rotatable bonds is 6. The molecule has 0 saturated heterocycles. The average molecular weight is 281 g/mol. The molecule has 0 heterocycles. The molecular formula is C15H20FNO3. The molecule has 0 bridgehead atoms. The summed E-state index contributed by atoms with van der Waals surface area (Å²) in [6, 6.07) is 6.07. The smallest absolute Gasteiger partial charge is 0.331 e. The summed E-state index contributed by atoms with van der Waals surface area (Å²) >= 11 is 0. The topological polar surface area (TPSA) is 55.4 Å². The zero-order valence-corrected chi connectivity index (χ0v) is 12.0. The number of methoxy groups -OCH3 is 1. The van der Waals surface area contributed by atoms with Gasteiger partial charge in [-0.05, 0) is 25.0 Å². The fourth-order valence-corrected chi connectivity index (χ4v) is 2.11. The van der Waals surface area contributed by atoms with Crippen molar-refractivity contribution in [3.05, 3.63) is 35.6 Å². The lowest BCUT2D eigenvalue weighted by Crippen LogP contribution is -2.53. The molecular weight excluding hydrogens is 261 g/mol. The standard InChI is InChI=1S/C15H20FNO3/c1-4-9-15(2,14(19)20-3)17-13(18)10-11-7-5-6-8-12(11)16/h5-8H,4,9-10H2,1-3H3,(H,17,18). The van der Waals surface area contributed by atoms with Crippen LogP contribution in [-0.4, -0.2) is 24.5 Å². The van der Waals surface area contributed by atoms with Gasteiger partial charge in [0.2, 0.25) is 5.91 Å². The van der Waals surface area contributed by atoms with E-state index in [1.54, 1.807) is 25.1 Å². The molecule has 0 aliphatic heterocycles. The second-order valence-electron chi connectivity index (χ2n) is 4.89. The minimum Gasteiger partial charge on any atom is -0.467 e. The highest BCUT2D eigenvalue weighted by atomic mass is 19.1. The largest absolute Gasteiger partial charge is 0.467 e. The Morgan fingerprint density at radius 2 is 2.00 bits per heavy atom. The summed E-state index contributed by atoms with van der Waals surface area (Å²) < 4.78 is 18.2. The number of carbonyl (C=O) groups is 2.